The zero-order valence-electron chi connectivity index (χ0n) is 9.90. The van der Waals surface area contributed by atoms with Crippen molar-refractivity contribution in [1.29, 1.82) is 0 Å². The number of amides is 1. The van der Waals surface area contributed by atoms with Crippen molar-refractivity contribution >= 4 is 5.91 Å². The Bertz CT molecular complexity index is 399. The number of alkyl halides is 2. The summed E-state index contributed by atoms with van der Waals surface area (Å²) in [5, 5.41) is 11.2. The summed E-state index contributed by atoms with van der Waals surface area (Å²) in [6.45, 7) is -0.237. The Balaban J connectivity index is 2.66. The molecule has 0 heterocycles. The first-order valence-electron chi connectivity index (χ1n) is 5.37. The summed E-state index contributed by atoms with van der Waals surface area (Å²) in [6, 6.07) is 6.69. The van der Waals surface area contributed by atoms with E-state index in [0.717, 1.165) is 0 Å². The topological polar surface area (TPSA) is 58.6 Å². The third-order valence-corrected chi connectivity index (χ3v) is 2.32. The van der Waals surface area contributed by atoms with Gasteiger partial charge in [-0.3, -0.25) is 4.79 Å². The van der Waals surface area contributed by atoms with Crippen LogP contribution >= 0.6 is 0 Å². The number of carbonyl (C=O) groups excluding carboxylic acids is 1. The second-order valence-electron chi connectivity index (χ2n) is 3.70. The smallest absolute Gasteiger partial charge is 0.265 e. The molecule has 18 heavy (non-hydrogen) atoms. The minimum absolute atomic E-state index is 0.251. The van der Waals surface area contributed by atoms with Crippen molar-refractivity contribution < 1.29 is 23.4 Å². The molecule has 0 aliphatic carbocycles. The number of rotatable bonds is 6. The summed E-state index contributed by atoms with van der Waals surface area (Å²) in [4.78, 5) is 11.7. The molecule has 100 valence electrons. The van der Waals surface area contributed by atoms with E-state index in [4.69, 9.17) is 9.84 Å². The van der Waals surface area contributed by atoms with Crippen molar-refractivity contribution in [2.45, 2.75) is 19.1 Å². The number of nitrogens with one attached hydrogen (secondary N) is 1. The van der Waals surface area contributed by atoms with Crippen LogP contribution in [0.5, 0.6) is 0 Å². The molecule has 0 aliphatic rings. The third-order valence-electron chi connectivity index (χ3n) is 2.32. The summed E-state index contributed by atoms with van der Waals surface area (Å²) in [7, 11) is 1.50. The van der Waals surface area contributed by atoms with E-state index in [1.807, 2.05) is 0 Å². The molecule has 1 aromatic carbocycles. The minimum Gasteiger partial charge on any atom is -0.385 e. The Morgan fingerprint density at radius 2 is 2.11 bits per heavy atom. The second kappa shape index (κ2) is 7.03. The van der Waals surface area contributed by atoms with Gasteiger partial charge in [-0.2, -0.15) is 0 Å². The summed E-state index contributed by atoms with van der Waals surface area (Å²) < 4.78 is 29.1. The van der Waals surface area contributed by atoms with Gasteiger partial charge < -0.3 is 15.2 Å². The average molecular weight is 259 g/mol. The normalized spacial score (nSPS) is 12.5. The molecule has 0 saturated carbocycles. The van der Waals surface area contributed by atoms with Gasteiger partial charge in [-0.15, -0.1) is 0 Å². The summed E-state index contributed by atoms with van der Waals surface area (Å²) in [6.07, 6.45) is -4.73. The SMILES string of the molecule is COCc1ccccc1C(=O)NCC(O)C(F)F. The monoisotopic (exact) mass is 259 g/mol. The van der Waals surface area contributed by atoms with Crippen LogP contribution < -0.4 is 5.32 Å². The molecule has 0 spiro atoms. The van der Waals surface area contributed by atoms with Crippen molar-refractivity contribution in [2.24, 2.45) is 0 Å². The lowest BCUT2D eigenvalue weighted by molar-refractivity contribution is -0.00271. The predicted molar refractivity (Wildman–Crippen MR) is 61.5 cm³/mol. The molecule has 0 fully saturated rings. The van der Waals surface area contributed by atoms with Crippen LogP contribution in [0.3, 0.4) is 0 Å². The third kappa shape index (κ3) is 4.05. The van der Waals surface area contributed by atoms with Gasteiger partial charge in [-0.1, -0.05) is 18.2 Å². The zero-order valence-corrected chi connectivity index (χ0v) is 9.90. The van der Waals surface area contributed by atoms with Crippen LogP contribution in [0.4, 0.5) is 8.78 Å². The van der Waals surface area contributed by atoms with Gasteiger partial charge in [0, 0.05) is 19.2 Å². The van der Waals surface area contributed by atoms with Crippen molar-refractivity contribution in [3.63, 3.8) is 0 Å². The lowest BCUT2D eigenvalue weighted by Gasteiger charge is -2.12. The summed E-state index contributed by atoms with van der Waals surface area (Å²) in [5.74, 6) is -0.512. The lowest BCUT2D eigenvalue weighted by atomic mass is 10.1. The fraction of sp³-hybridized carbons (Fsp3) is 0.417. The van der Waals surface area contributed by atoms with Crippen LogP contribution in [-0.4, -0.2) is 37.2 Å². The lowest BCUT2D eigenvalue weighted by Crippen LogP contribution is -2.36. The number of methoxy groups -OCH3 is 1. The first-order chi connectivity index (χ1) is 8.56. The molecule has 0 bridgehead atoms. The maximum atomic E-state index is 12.1. The van der Waals surface area contributed by atoms with Crippen molar-refractivity contribution in [1.82, 2.24) is 5.32 Å². The molecule has 1 aromatic rings. The molecule has 1 atom stereocenters. The first kappa shape index (κ1) is 14.5. The average Bonchev–Trinajstić information content (AvgIpc) is 2.36. The van der Waals surface area contributed by atoms with Crippen molar-refractivity contribution in [3.05, 3.63) is 35.4 Å². The number of hydrogen-bond donors (Lipinski definition) is 2. The molecule has 4 nitrogen and oxygen atoms in total. The Hall–Kier alpha value is -1.53. The fourth-order valence-corrected chi connectivity index (χ4v) is 1.40. The molecule has 0 radical (unpaired) electrons. The highest BCUT2D eigenvalue weighted by Gasteiger charge is 2.18. The molecule has 0 aromatic heterocycles. The molecule has 1 unspecified atom stereocenters. The quantitative estimate of drug-likeness (QED) is 0.806. The number of aliphatic hydroxyl groups is 1. The standard InChI is InChI=1S/C12H15F2NO3/c1-18-7-8-4-2-3-5-9(8)12(17)15-6-10(16)11(13)14/h2-5,10-11,16H,6-7H2,1H3,(H,15,17). The number of ether oxygens (including phenoxy) is 1. The van der Waals surface area contributed by atoms with E-state index in [1.165, 1.54) is 7.11 Å². The Labute approximate surface area is 104 Å². The van der Waals surface area contributed by atoms with Crippen molar-refractivity contribution in [2.75, 3.05) is 13.7 Å². The van der Waals surface area contributed by atoms with Crippen LogP contribution in [0.2, 0.25) is 0 Å². The molecule has 1 rings (SSSR count). The Kier molecular flexibility index (Phi) is 5.67. The number of carbonyl (C=O) groups is 1. The highest BCUT2D eigenvalue weighted by Crippen LogP contribution is 2.10. The molecule has 6 heteroatoms. The van der Waals surface area contributed by atoms with E-state index in [1.54, 1.807) is 24.3 Å². The van der Waals surface area contributed by atoms with E-state index in [-0.39, 0.29) is 6.61 Å². The number of halogens is 2. The Morgan fingerprint density at radius 3 is 2.72 bits per heavy atom. The van der Waals surface area contributed by atoms with Crippen molar-refractivity contribution in [3.8, 4) is 0 Å². The van der Waals surface area contributed by atoms with Crippen LogP contribution in [-0.2, 0) is 11.3 Å². The van der Waals surface area contributed by atoms with E-state index in [0.29, 0.717) is 11.1 Å². The molecule has 0 aliphatic heterocycles. The maximum Gasteiger partial charge on any atom is 0.265 e. The van der Waals surface area contributed by atoms with Gasteiger partial charge in [-0.05, 0) is 11.6 Å². The summed E-state index contributed by atoms with van der Waals surface area (Å²) in [5.41, 5.74) is 1.00. The van der Waals surface area contributed by atoms with Gasteiger partial charge in [0.05, 0.1) is 6.61 Å². The summed E-state index contributed by atoms with van der Waals surface area (Å²) >= 11 is 0. The van der Waals surface area contributed by atoms with E-state index in [2.05, 4.69) is 5.32 Å². The minimum atomic E-state index is -2.88. The highest BCUT2D eigenvalue weighted by molar-refractivity contribution is 5.95. The molecule has 1 amide bonds. The molecule has 0 saturated heterocycles. The van der Waals surface area contributed by atoms with Gasteiger partial charge in [0.15, 0.2) is 0 Å². The first-order valence-corrected chi connectivity index (χ1v) is 5.37. The van der Waals surface area contributed by atoms with Crippen LogP contribution in [0.25, 0.3) is 0 Å². The number of benzene rings is 1. The van der Waals surface area contributed by atoms with Gasteiger partial charge in [-0.25, -0.2) is 8.78 Å². The molecular formula is C12H15F2NO3. The number of hydrogen-bond acceptors (Lipinski definition) is 3. The zero-order chi connectivity index (χ0) is 13.5. The van der Waals surface area contributed by atoms with Crippen LogP contribution in [0, 0.1) is 0 Å². The molecular weight excluding hydrogens is 244 g/mol. The number of aliphatic hydroxyl groups excluding tert-OH is 1. The van der Waals surface area contributed by atoms with E-state index >= 15 is 0 Å². The van der Waals surface area contributed by atoms with E-state index in [9.17, 15) is 13.6 Å². The largest absolute Gasteiger partial charge is 0.385 e. The van der Waals surface area contributed by atoms with E-state index < -0.39 is 25.0 Å². The fourth-order valence-electron chi connectivity index (χ4n) is 1.40. The Morgan fingerprint density at radius 1 is 1.44 bits per heavy atom. The van der Waals surface area contributed by atoms with Gasteiger partial charge in [0.25, 0.3) is 12.3 Å². The molecule has 2 N–H and O–H groups in total. The van der Waals surface area contributed by atoms with Gasteiger partial charge >= 0.3 is 0 Å². The second-order valence-corrected chi connectivity index (χ2v) is 3.70. The highest BCUT2D eigenvalue weighted by atomic mass is 19.3. The predicted octanol–water partition coefficient (Wildman–Crippen LogP) is 1.19. The van der Waals surface area contributed by atoms with Crippen LogP contribution in [0.15, 0.2) is 24.3 Å². The van der Waals surface area contributed by atoms with Gasteiger partial charge in [0.2, 0.25) is 0 Å². The van der Waals surface area contributed by atoms with Crippen LogP contribution in [0.1, 0.15) is 15.9 Å². The van der Waals surface area contributed by atoms with Gasteiger partial charge in [0.1, 0.15) is 6.10 Å². The maximum absolute atomic E-state index is 12.1.